The van der Waals surface area contributed by atoms with Gasteiger partial charge >= 0.3 is 0 Å². The van der Waals surface area contributed by atoms with Crippen LogP contribution in [0, 0.1) is 17.0 Å². The molecule has 6 heteroatoms. The Morgan fingerprint density at radius 3 is 2.53 bits per heavy atom. The molecule has 0 spiro atoms. The van der Waals surface area contributed by atoms with Crippen LogP contribution in [0.5, 0.6) is 0 Å². The van der Waals surface area contributed by atoms with Crippen molar-refractivity contribution in [2.24, 2.45) is 11.1 Å². The molecule has 19 heavy (non-hydrogen) atoms. The van der Waals surface area contributed by atoms with Gasteiger partial charge in [-0.1, -0.05) is 24.7 Å². The summed E-state index contributed by atoms with van der Waals surface area (Å²) < 4.78 is 25.8. The van der Waals surface area contributed by atoms with Crippen LogP contribution in [0.4, 0.5) is 8.78 Å². The molecular weight excluding hydrogens is 270 g/mol. The van der Waals surface area contributed by atoms with Crippen LogP contribution in [0.15, 0.2) is 18.2 Å². The van der Waals surface area contributed by atoms with E-state index in [4.69, 9.17) is 18.0 Å². The lowest BCUT2D eigenvalue weighted by molar-refractivity contribution is -0.131. The minimum absolute atomic E-state index is 0.125. The number of hydrogen-bond acceptors (Lipinski definition) is 2. The van der Waals surface area contributed by atoms with E-state index in [0.717, 1.165) is 18.6 Å². The SMILES string of the molecule is NC(=S)C1(C(=O)NCc2ccc(F)c(F)c2)CCC1. The third kappa shape index (κ3) is 2.58. The zero-order valence-electron chi connectivity index (χ0n) is 10.2. The van der Waals surface area contributed by atoms with Gasteiger partial charge in [0.15, 0.2) is 11.6 Å². The van der Waals surface area contributed by atoms with Crippen LogP contribution in [0.1, 0.15) is 24.8 Å². The number of carbonyl (C=O) groups excluding carboxylic acids is 1. The fourth-order valence-corrected chi connectivity index (χ4v) is 2.41. The first-order valence-corrected chi connectivity index (χ1v) is 6.39. The second-order valence-corrected chi connectivity index (χ2v) is 5.17. The molecule has 0 aromatic heterocycles. The summed E-state index contributed by atoms with van der Waals surface area (Å²) in [5, 5.41) is 2.67. The molecule has 2 rings (SSSR count). The fourth-order valence-electron chi connectivity index (χ4n) is 2.12. The molecule has 0 bridgehead atoms. The Bertz CT molecular complexity index is 529. The first kappa shape index (κ1) is 13.9. The molecule has 1 aliphatic carbocycles. The highest BCUT2D eigenvalue weighted by Crippen LogP contribution is 2.41. The van der Waals surface area contributed by atoms with E-state index in [1.54, 1.807) is 0 Å². The number of benzene rings is 1. The van der Waals surface area contributed by atoms with E-state index in [0.29, 0.717) is 18.4 Å². The number of rotatable bonds is 4. The van der Waals surface area contributed by atoms with Gasteiger partial charge < -0.3 is 11.1 Å². The van der Waals surface area contributed by atoms with Crippen molar-refractivity contribution >= 4 is 23.1 Å². The van der Waals surface area contributed by atoms with Crippen LogP contribution in [-0.2, 0) is 11.3 Å². The molecular formula is C13H14F2N2OS. The fraction of sp³-hybridized carbons (Fsp3) is 0.385. The van der Waals surface area contributed by atoms with E-state index in [1.165, 1.54) is 6.07 Å². The smallest absolute Gasteiger partial charge is 0.233 e. The topological polar surface area (TPSA) is 55.1 Å². The van der Waals surface area contributed by atoms with Crippen molar-refractivity contribution in [2.75, 3.05) is 0 Å². The molecule has 1 fully saturated rings. The molecule has 1 saturated carbocycles. The van der Waals surface area contributed by atoms with Crippen LogP contribution >= 0.6 is 12.2 Å². The van der Waals surface area contributed by atoms with Crippen LogP contribution < -0.4 is 11.1 Å². The van der Waals surface area contributed by atoms with Gasteiger partial charge in [0.2, 0.25) is 5.91 Å². The molecule has 0 radical (unpaired) electrons. The molecule has 0 unspecified atom stereocenters. The highest BCUT2D eigenvalue weighted by molar-refractivity contribution is 7.80. The molecule has 3 N–H and O–H groups in total. The van der Waals surface area contributed by atoms with Crippen LogP contribution in [-0.4, -0.2) is 10.9 Å². The monoisotopic (exact) mass is 284 g/mol. The zero-order valence-corrected chi connectivity index (χ0v) is 11.0. The van der Waals surface area contributed by atoms with Crippen molar-refractivity contribution in [3.63, 3.8) is 0 Å². The molecule has 0 saturated heterocycles. The van der Waals surface area contributed by atoms with Gasteiger partial charge in [0, 0.05) is 6.54 Å². The number of thiocarbonyl (C=S) groups is 1. The Kier molecular flexibility index (Phi) is 3.80. The van der Waals surface area contributed by atoms with Crippen molar-refractivity contribution in [3.05, 3.63) is 35.4 Å². The van der Waals surface area contributed by atoms with E-state index in [-0.39, 0.29) is 17.4 Å². The van der Waals surface area contributed by atoms with Crippen LogP contribution in [0.25, 0.3) is 0 Å². The summed E-state index contributed by atoms with van der Waals surface area (Å²) in [6, 6.07) is 3.51. The second kappa shape index (κ2) is 5.21. The summed E-state index contributed by atoms with van der Waals surface area (Å²) in [6.45, 7) is 0.125. The van der Waals surface area contributed by atoms with Gasteiger partial charge in [-0.15, -0.1) is 0 Å². The molecule has 1 aromatic carbocycles. The molecule has 3 nitrogen and oxygen atoms in total. The third-order valence-corrected chi connectivity index (χ3v) is 3.94. The predicted molar refractivity (Wildman–Crippen MR) is 71.3 cm³/mol. The maximum Gasteiger partial charge on any atom is 0.233 e. The quantitative estimate of drug-likeness (QED) is 0.832. The first-order valence-electron chi connectivity index (χ1n) is 5.98. The van der Waals surface area contributed by atoms with E-state index < -0.39 is 17.0 Å². The molecule has 0 heterocycles. The van der Waals surface area contributed by atoms with Gasteiger partial charge in [-0.05, 0) is 30.5 Å². The Morgan fingerprint density at radius 1 is 1.37 bits per heavy atom. The highest BCUT2D eigenvalue weighted by atomic mass is 32.1. The zero-order chi connectivity index (χ0) is 14.0. The predicted octanol–water partition coefficient (Wildman–Crippen LogP) is 2.04. The summed E-state index contributed by atoms with van der Waals surface area (Å²) in [5.74, 6) is -2.08. The van der Waals surface area contributed by atoms with Gasteiger partial charge in [-0.2, -0.15) is 0 Å². The standard InChI is InChI=1S/C13H14F2N2OS/c14-9-3-2-8(6-10(9)15)7-17-12(18)13(11(16)19)4-1-5-13/h2-3,6H,1,4-5,7H2,(H2,16,19)(H,17,18). The minimum Gasteiger partial charge on any atom is -0.392 e. The summed E-state index contributed by atoms with van der Waals surface area (Å²) in [5.41, 5.74) is 5.34. The van der Waals surface area contributed by atoms with Gasteiger partial charge in [-0.25, -0.2) is 8.78 Å². The number of amides is 1. The van der Waals surface area contributed by atoms with Crippen LogP contribution in [0.2, 0.25) is 0 Å². The van der Waals surface area contributed by atoms with E-state index in [2.05, 4.69) is 5.32 Å². The van der Waals surface area contributed by atoms with Crippen molar-refractivity contribution < 1.29 is 13.6 Å². The summed E-state index contributed by atoms with van der Waals surface area (Å²) in [6.07, 6.45) is 2.20. The van der Waals surface area contributed by atoms with Crippen molar-refractivity contribution in [3.8, 4) is 0 Å². The van der Waals surface area contributed by atoms with Crippen molar-refractivity contribution in [1.82, 2.24) is 5.32 Å². The van der Waals surface area contributed by atoms with Crippen molar-refractivity contribution in [2.45, 2.75) is 25.8 Å². The Balaban J connectivity index is 2.00. The van der Waals surface area contributed by atoms with E-state index >= 15 is 0 Å². The lowest BCUT2D eigenvalue weighted by Crippen LogP contribution is -2.52. The summed E-state index contributed by atoms with van der Waals surface area (Å²) >= 11 is 4.93. The maximum absolute atomic E-state index is 13.0. The number of nitrogens with two attached hydrogens (primary N) is 1. The number of hydrogen-bond donors (Lipinski definition) is 2. The average molecular weight is 284 g/mol. The molecule has 102 valence electrons. The molecule has 1 aliphatic rings. The van der Waals surface area contributed by atoms with E-state index in [1.807, 2.05) is 0 Å². The second-order valence-electron chi connectivity index (χ2n) is 4.73. The lowest BCUT2D eigenvalue weighted by atomic mass is 9.68. The Hall–Kier alpha value is -1.56. The van der Waals surface area contributed by atoms with Gasteiger partial charge in [0.05, 0.1) is 10.4 Å². The summed E-state index contributed by atoms with van der Waals surface area (Å²) in [7, 11) is 0. The van der Waals surface area contributed by atoms with Crippen LogP contribution in [0.3, 0.4) is 0 Å². The Morgan fingerprint density at radius 2 is 2.05 bits per heavy atom. The largest absolute Gasteiger partial charge is 0.392 e. The van der Waals surface area contributed by atoms with E-state index in [9.17, 15) is 13.6 Å². The summed E-state index contributed by atoms with van der Waals surface area (Å²) in [4.78, 5) is 12.3. The molecule has 0 aliphatic heterocycles. The molecule has 0 atom stereocenters. The average Bonchev–Trinajstić information content (AvgIpc) is 2.28. The first-order chi connectivity index (χ1) is 8.95. The van der Waals surface area contributed by atoms with Gasteiger partial charge in [0.1, 0.15) is 0 Å². The normalized spacial score (nSPS) is 16.5. The lowest BCUT2D eigenvalue weighted by Gasteiger charge is -2.39. The number of carbonyl (C=O) groups is 1. The number of nitrogens with one attached hydrogen (secondary N) is 1. The highest BCUT2D eigenvalue weighted by Gasteiger charge is 2.46. The Labute approximate surface area is 115 Å². The maximum atomic E-state index is 13.0. The van der Waals surface area contributed by atoms with Crippen molar-refractivity contribution in [1.29, 1.82) is 0 Å². The number of halogens is 2. The van der Waals surface area contributed by atoms with Gasteiger partial charge in [0.25, 0.3) is 0 Å². The van der Waals surface area contributed by atoms with Gasteiger partial charge in [-0.3, -0.25) is 4.79 Å². The minimum atomic E-state index is -0.931. The molecule has 1 amide bonds. The third-order valence-electron chi connectivity index (χ3n) is 3.55. The molecule has 1 aromatic rings.